The molecule has 1 heterocycles. The first-order valence-electron chi connectivity index (χ1n) is 7.36. The van der Waals surface area contributed by atoms with Crippen LogP contribution in [0, 0.1) is 11.3 Å². The van der Waals surface area contributed by atoms with Crippen molar-refractivity contribution >= 4 is 24.0 Å². The lowest BCUT2D eigenvalue weighted by atomic mass is 10.0. The third-order valence-electron chi connectivity index (χ3n) is 3.24. The predicted octanol–water partition coefficient (Wildman–Crippen LogP) is 2.81. The summed E-state index contributed by atoms with van der Waals surface area (Å²) in [6, 6.07) is 8.19. The molecule has 8 heteroatoms. The number of ether oxygens (including phenoxy) is 1. The number of esters is 1. The van der Waals surface area contributed by atoms with Gasteiger partial charge < -0.3 is 19.4 Å². The molecule has 26 heavy (non-hydrogen) atoms. The van der Waals surface area contributed by atoms with Crippen LogP contribution in [0.25, 0.3) is 17.4 Å². The lowest BCUT2D eigenvalue weighted by Crippen LogP contribution is -2.05. The monoisotopic (exact) mass is 355 g/mol. The predicted molar refractivity (Wildman–Crippen MR) is 88.3 cm³/mol. The zero-order valence-corrected chi connectivity index (χ0v) is 13.6. The van der Waals surface area contributed by atoms with Gasteiger partial charge in [-0.3, -0.25) is 0 Å². The van der Waals surface area contributed by atoms with E-state index in [1.165, 1.54) is 30.3 Å². The number of nitrogens with zero attached hydrogens (tertiary/aromatic N) is 1. The summed E-state index contributed by atoms with van der Waals surface area (Å²) in [6.45, 7) is 1.72. The number of rotatable bonds is 6. The van der Waals surface area contributed by atoms with Crippen LogP contribution in [-0.4, -0.2) is 34.7 Å². The Morgan fingerprint density at radius 1 is 1.15 bits per heavy atom. The topological polar surface area (TPSA) is 138 Å². The van der Waals surface area contributed by atoms with Crippen LogP contribution in [0.3, 0.4) is 0 Å². The standard InChI is InChI=1S/C18H13NO7/c1-2-25-18(24)13(9-19)8-14-3-4-15(26-14)10-5-11(16(20)21)7-12(6-10)17(22)23/h3-8H,2H2,1H3,(H,20,21)(H,22,23). The summed E-state index contributed by atoms with van der Waals surface area (Å²) >= 11 is 0. The largest absolute Gasteiger partial charge is 0.478 e. The normalized spacial score (nSPS) is 10.8. The molecule has 0 aliphatic carbocycles. The van der Waals surface area contributed by atoms with Gasteiger partial charge in [0.15, 0.2) is 0 Å². The van der Waals surface area contributed by atoms with Crippen LogP contribution < -0.4 is 0 Å². The fraction of sp³-hybridized carbons (Fsp3) is 0.111. The van der Waals surface area contributed by atoms with E-state index >= 15 is 0 Å². The second kappa shape index (κ2) is 7.81. The zero-order chi connectivity index (χ0) is 19.3. The first-order valence-corrected chi connectivity index (χ1v) is 7.36. The Kier molecular flexibility index (Phi) is 5.55. The van der Waals surface area contributed by atoms with E-state index in [2.05, 4.69) is 0 Å². The number of hydrogen-bond acceptors (Lipinski definition) is 6. The van der Waals surface area contributed by atoms with Crippen LogP contribution in [0.15, 0.2) is 40.3 Å². The summed E-state index contributed by atoms with van der Waals surface area (Å²) < 4.78 is 10.2. The molecule has 2 aromatic rings. The number of benzene rings is 1. The second-order valence-corrected chi connectivity index (χ2v) is 5.00. The molecule has 0 amide bonds. The molecule has 0 spiro atoms. The summed E-state index contributed by atoms with van der Waals surface area (Å²) in [7, 11) is 0. The maximum atomic E-state index is 11.6. The molecule has 0 saturated heterocycles. The molecule has 0 aliphatic heterocycles. The molecule has 1 aromatic carbocycles. The van der Waals surface area contributed by atoms with Gasteiger partial charge in [-0.1, -0.05) is 0 Å². The maximum Gasteiger partial charge on any atom is 0.349 e. The van der Waals surface area contributed by atoms with Crippen molar-refractivity contribution in [3.05, 3.63) is 52.8 Å². The van der Waals surface area contributed by atoms with Gasteiger partial charge in [0.25, 0.3) is 0 Å². The minimum absolute atomic E-state index is 0.112. The summed E-state index contributed by atoms with van der Waals surface area (Å²) in [5, 5.41) is 27.2. The van der Waals surface area contributed by atoms with Crippen molar-refractivity contribution in [1.82, 2.24) is 0 Å². The minimum Gasteiger partial charge on any atom is -0.478 e. The number of carboxylic acid groups (broad SMARTS) is 2. The van der Waals surface area contributed by atoms with Crippen molar-refractivity contribution in [3.8, 4) is 17.4 Å². The van der Waals surface area contributed by atoms with Gasteiger partial charge in [0.1, 0.15) is 23.2 Å². The fourth-order valence-electron chi connectivity index (χ4n) is 2.09. The van der Waals surface area contributed by atoms with E-state index in [0.717, 1.165) is 6.07 Å². The summed E-state index contributed by atoms with van der Waals surface area (Å²) in [4.78, 5) is 33.9. The highest BCUT2D eigenvalue weighted by Crippen LogP contribution is 2.26. The molecule has 0 unspecified atom stereocenters. The van der Waals surface area contributed by atoms with E-state index in [0.29, 0.717) is 0 Å². The summed E-state index contributed by atoms with van der Waals surface area (Å²) in [5.41, 5.74) is -0.454. The molecule has 2 rings (SSSR count). The Morgan fingerprint density at radius 2 is 1.77 bits per heavy atom. The third kappa shape index (κ3) is 4.15. The molecule has 0 saturated carbocycles. The molecular formula is C18H13NO7. The second-order valence-electron chi connectivity index (χ2n) is 5.00. The SMILES string of the molecule is CCOC(=O)C(C#N)=Cc1ccc(-c2cc(C(=O)O)cc(C(=O)O)c2)o1. The highest BCUT2D eigenvalue weighted by atomic mass is 16.5. The van der Waals surface area contributed by atoms with Crippen LogP contribution in [0.1, 0.15) is 33.4 Å². The zero-order valence-electron chi connectivity index (χ0n) is 13.6. The first kappa shape index (κ1) is 18.5. The smallest absolute Gasteiger partial charge is 0.349 e. The number of carboxylic acids is 2. The van der Waals surface area contributed by atoms with Gasteiger partial charge in [-0.15, -0.1) is 0 Å². The van der Waals surface area contributed by atoms with Crippen molar-refractivity contribution in [3.63, 3.8) is 0 Å². The molecular weight excluding hydrogens is 342 g/mol. The van der Waals surface area contributed by atoms with E-state index < -0.39 is 17.9 Å². The molecule has 1 aromatic heterocycles. The Balaban J connectivity index is 2.44. The van der Waals surface area contributed by atoms with Gasteiger partial charge in [-0.2, -0.15) is 5.26 Å². The third-order valence-corrected chi connectivity index (χ3v) is 3.24. The lowest BCUT2D eigenvalue weighted by Gasteiger charge is -2.03. The van der Waals surface area contributed by atoms with E-state index in [-0.39, 0.29) is 40.4 Å². The highest BCUT2D eigenvalue weighted by Gasteiger charge is 2.15. The number of carbonyl (C=O) groups excluding carboxylic acids is 1. The van der Waals surface area contributed by atoms with Gasteiger partial charge >= 0.3 is 17.9 Å². The van der Waals surface area contributed by atoms with E-state index in [1.807, 2.05) is 0 Å². The van der Waals surface area contributed by atoms with Gasteiger partial charge in [-0.25, -0.2) is 14.4 Å². The average molecular weight is 355 g/mol. The van der Waals surface area contributed by atoms with Gasteiger partial charge in [0.05, 0.1) is 17.7 Å². The Labute approximate surface area is 147 Å². The van der Waals surface area contributed by atoms with Crippen molar-refractivity contribution in [2.45, 2.75) is 6.92 Å². The Morgan fingerprint density at radius 3 is 2.27 bits per heavy atom. The summed E-state index contributed by atoms with van der Waals surface area (Å²) in [6.07, 6.45) is 1.18. The molecule has 8 nitrogen and oxygen atoms in total. The van der Waals surface area contributed by atoms with E-state index in [1.54, 1.807) is 13.0 Å². The molecule has 0 radical (unpaired) electrons. The van der Waals surface area contributed by atoms with Gasteiger partial charge in [0, 0.05) is 11.6 Å². The molecule has 2 N–H and O–H groups in total. The molecule has 0 bridgehead atoms. The van der Waals surface area contributed by atoms with Crippen molar-refractivity contribution < 1.29 is 33.8 Å². The van der Waals surface area contributed by atoms with E-state index in [9.17, 15) is 14.4 Å². The molecule has 0 fully saturated rings. The molecule has 132 valence electrons. The number of aromatic carboxylic acids is 2. The van der Waals surface area contributed by atoms with Crippen LogP contribution >= 0.6 is 0 Å². The average Bonchev–Trinajstić information content (AvgIpc) is 3.08. The highest BCUT2D eigenvalue weighted by molar-refractivity contribution is 5.98. The van der Waals surface area contributed by atoms with E-state index in [4.69, 9.17) is 24.6 Å². The maximum absolute atomic E-state index is 11.6. The lowest BCUT2D eigenvalue weighted by molar-refractivity contribution is -0.137. The number of hydrogen-bond donors (Lipinski definition) is 2. The van der Waals surface area contributed by atoms with Gasteiger partial charge in [0.2, 0.25) is 0 Å². The van der Waals surface area contributed by atoms with Crippen LogP contribution in [0.5, 0.6) is 0 Å². The minimum atomic E-state index is -1.28. The Bertz CT molecular complexity index is 914. The van der Waals surface area contributed by atoms with Crippen LogP contribution in [0.4, 0.5) is 0 Å². The number of nitriles is 1. The molecule has 0 atom stereocenters. The van der Waals surface area contributed by atoms with Crippen molar-refractivity contribution in [2.24, 2.45) is 0 Å². The fourth-order valence-corrected chi connectivity index (χ4v) is 2.09. The van der Waals surface area contributed by atoms with Crippen LogP contribution in [-0.2, 0) is 9.53 Å². The van der Waals surface area contributed by atoms with Gasteiger partial charge in [-0.05, 0) is 37.3 Å². The summed E-state index contributed by atoms with van der Waals surface area (Å²) in [5.74, 6) is -3.02. The molecule has 0 aliphatic rings. The first-order chi connectivity index (χ1) is 12.3. The quantitative estimate of drug-likeness (QED) is 0.458. The Hall–Kier alpha value is -3.86. The number of carbonyl (C=O) groups is 3. The number of furan rings is 1. The van der Waals surface area contributed by atoms with Crippen LogP contribution in [0.2, 0.25) is 0 Å². The van der Waals surface area contributed by atoms with Crippen molar-refractivity contribution in [1.29, 1.82) is 5.26 Å². The van der Waals surface area contributed by atoms with Crippen molar-refractivity contribution in [2.75, 3.05) is 6.61 Å².